The van der Waals surface area contributed by atoms with Gasteiger partial charge in [-0.1, -0.05) is 47.5 Å². The highest BCUT2D eigenvalue weighted by Gasteiger charge is 2.19. The molecular weight excluding hydrogens is 196 g/mol. The van der Waals surface area contributed by atoms with E-state index in [1.54, 1.807) is 0 Å². The predicted molar refractivity (Wildman–Crippen MR) is 73.9 cm³/mol. The molecule has 0 heterocycles. The first-order chi connectivity index (χ1) is 7.37. The van der Waals surface area contributed by atoms with Crippen molar-refractivity contribution < 1.29 is 0 Å². The fraction of sp³-hybridized carbons (Fsp3) is 1.00. The van der Waals surface area contributed by atoms with Gasteiger partial charge < -0.3 is 10.2 Å². The molecule has 0 fully saturated rings. The number of rotatable bonds is 9. The van der Waals surface area contributed by atoms with Gasteiger partial charge in [0, 0.05) is 19.1 Å². The fourth-order valence-corrected chi connectivity index (χ4v) is 1.98. The van der Waals surface area contributed by atoms with Crippen molar-refractivity contribution in [2.24, 2.45) is 5.41 Å². The molecule has 0 atom stereocenters. The molecule has 0 spiro atoms. The highest BCUT2D eigenvalue weighted by atomic mass is 15.1. The molecule has 0 amide bonds. The molecule has 0 aromatic rings. The lowest BCUT2D eigenvalue weighted by molar-refractivity contribution is 0.198. The van der Waals surface area contributed by atoms with Crippen LogP contribution in [0.2, 0.25) is 0 Å². The van der Waals surface area contributed by atoms with Crippen LogP contribution < -0.4 is 5.32 Å². The maximum atomic E-state index is 3.53. The maximum Gasteiger partial charge on any atom is 0.00418 e. The van der Waals surface area contributed by atoms with Gasteiger partial charge in [0.15, 0.2) is 0 Å². The molecule has 0 saturated carbocycles. The second-order valence-corrected chi connectivity index (χ2v) is 6.14. The van der Waals surface area contributed by atoms with Crippen LogP contribution in [0, 0.1) is 5.41 Å². The molecule has 2 nitrogen and oxygen atoms in total. The van der Waals surface area contributed by atoms with E-state index in [0.717, 1.165) is 6.54 Å². The van der Waals surface area contributed by atoms with Gasteiger partial charge in [-0.05, 0) is 25.4 Å². The summed E-state index contributed by atoms with van der Waals surface area (Å²) in [4.78, 5) is 2.47. The highest BCUT2D eigenvalue weighted by Crippen LogP contribution is 2.15. The summed E-state index contributed by atoms with van der Waals surface area (Å²) in [6, 6.07) is 0.588. The van der Waals surface area contributed by atoms with Crippen molar-refractivity contribution in [2.45, 2.75) is 59.9 Å². The summed E-state index contributed by atoms with van der Waals surface area (Å²) in [5.74, 6) is 0. The summed E-state index contributed by atoms with van der Waals surface area (Å²) in [7, 11) is 2.24. The van der Waals surface area contributed by atoms with E-state index < -0.39 is 0 Å². The minimum Gasteiger partial charge on any atom is -0.314 e. The lowest BCUT2D eigenvalue weighted by Crippen LogP contribution is -2.41. The van der Waals surface area contributed by atoms with Crippen LogP contribution in [0.15, 0.2) is 0 Å². The summed E-state index contributed by atoms with van der Waals surface area (Å²) in [6.07, 6.45) is 4.00. The Kier molecular flexibility index (Phi) is 8.04. The fourth-order valence-electron chi connectivity index (χ4n) is 1.98. The summed E-state index contributed by atoms with van der Waals surface area (Å²) < 4.78 is 0. The zero-order chi connectivity index (χ0) is 12.6. The zero-order valence-electron chi connectivity index (χ0n) is 12.3. The smallest absolute Gasteiger partial charge is 0.00418 e. The Balaban J connectivity index is 3.76. The van der Waals surface area contributed by atoms with Crippen molar-refractivity contribution >= 4 is 0 Å². The molecular formula is C14H32N2. The van der Waals surface area contributed by atoms with Gasteiger partial charge in [0.2, 0.25) is 0 Å². The molecule has 0 aliphatic rings. The van der Waals surface area contributed by atoms with Crippen LogP contribution in [0.25, 0.3) is 0 Å². The van der Waals surface area contributed by atoms with Crippen molar-refractivity contribution in [1.29, 1.82) is 0 Å². The summed E-state index contributed by atoms with van der Waals surface area (Å²) in [5.41, 5.74) is 0.366. The zero-order valence-corrected chi connectivity index (χ0v) is 12.3. The average molecular weight is 228 g/mol. The van der Waals surface area contributed by atoms with Crippen molar-refractivity contribution in [1.82, 2.24) is 10.2 Å². The normalized spacial score (nSPS) is 12.8. The molecule has 0 rings (SSSR count). The van der Waals surface area contributed by atoms with E-state index in [2.05, 4.69) is 51.9 Å². The molecule has 0 aromatic carbocycles. The number of nitrogens with zero attached hydrogens (tertiary/aromatic N) is 1. The van der Waals surface area contributed by atoms with Gasteiger partial charge in [0.25, 0.3) is 0 Å². The van der Waals surface area contributed by atoms with Crippen LogP contribution in [-0.4, -0.2) is 37.6 Å². The van der Waals surface area contributed by atoms with E-state index in [9.17, 15) is 0 Å². The van der Waals surface area contributed by atoms with E-state index in [4.69, 9.17) is 0 Å². The van der Waals surface area contributed by atoms with Gasteiger partial charge in [-0.15, -0.1) is 0 Å². The monoisotopic (exact) mass is 228 g/mol. The van der Waals surface area contributed by atoms with Gasteiger partial charge in [0.1, 0.15) is 0 Å². The Hall–Kier alpha value is -0.0800. The SMILES string of the molecule is CCCCCN(C)CC(C)(C)CNC(C)C. The molecule has 0 bridgehead atoms. The van der Waals surface area contributed by atoms with Crippen molar-refractivity contribution in [3.63, 3.8) is 0 Å². The maximum absolute atomic E-state index is 3.53. The van der Waals surface area contributed by atoms with Crippen LogP contribution in [0.5, 0.6) is 0 Å². The van der Waals surface area contributed by atoms with Crippen LogP contribution >= 0.6 is 0 Å². The third-order valence-corrected chi connectivity index (χ3v) is 2.83. The summed E-state index contributed by atoms with van der Waals surface area (Å²) >= 11 is 0. The molecule has 2 heteroatoms. The van der Waals surface area contributed by atoms with Crippen LogP contribution in [-0.2, 0) is 0 Å². The van der Waals surface area contributed by atoms with Crippen LogP contribution in [0.3, 0.4) is 0 Å². The summed E-state index contributed by atoms with van der Waals surface area (Å²) in [5, 5.41) is 3.53. The van der Waals surface area contributed by atoms with Gasteiger partial charge in [-0.2, -0.15) is 0 Å². The Bertz CT molecular complexity index is 164. The molecule has 0 aliphatic carbocycles. The molecule has 0 aliphatic heterocycles. The Labute approximate surface area is 103 Å². The number of unbranched alkanes of at least 4 members (excludes halogenated alkanes) is 2. The Morgan fingerprint density at radius 3 is 2.31 bits per heavy atom. The summed E-state index contributed by atoms with van der Waals surface area (Å²) in [6.45, 7) is 14.9. The first-order valence-electron chi connectivity index (χ1n) is 6.79. The third kappa shape index (κ3) is 9.17. The highest BCUT2D eigenvalue weighted by molar-refractivity contribution is 4.76. The first kappa shape index (κ1) is 15.9. The molecule has 98 valence electrons. The Morgan fingerprint density at radius 2 is 1.81 bits per heavy atom. The largest absolute Gasteiger partial charge is 0.314 e. The standard InChI is InChI=1S/C14H32N2/c1-7-8-9-10-16(6)12-14(4,5)11-15-13(2)3/h13,15H,7-12H2,1-6H3. The molecule has 16 heavy (non-hydrogen) atoms. The van der Waals surface area contributed by atoms with E-state index in [-0.39, 0.29) is 0 Å². The van der Waals surface area contributed by atoms with Crippen molar-refractivity contribution in [3.8, 4) is 0 Å². The van der Waals surface area contributed by atoms with E-state index in [1.807, 2.05) is 0 Å². The molecule has 0 radical (unpaired) electrons. The van der Waals surface area contributed by atoms with Gasteiger partial charge in [-0.25, -0.2) is 0 Å². The molecule has 1 N–H and O–H groups in total. The quantitative estimate of drug-likeness (QED) is 0.610. The van der Waals surface area contributed by atoms with Gasteiger partial charge in [0.05, 0.1) is 0 Å². The number of nitrogens with one attached hydrogen (secondary N) is 1. The second-order valence-electron chi connectivity index (χ2n) is 6.14. The van der Waals surface area contributed by atoms with Gasteiger partial charge in [-0.3, -0.25) is 0 Å². The predicted octanol–water partition coefficient (Wildman–Crippen LogP) is 3.13. The molecule has 0 saturated heterocycles. The average Bonchev–Trinajstić information content (AvgIpc) is 2.15. The van der Waals surface area contributed by atoms with E-state index in [1.165, 1.54) is 32.4 Å². The number of hydrogen-bond acceptors (Lipinski definition) is 2. The topological polar surface area (TPSA) is 15.3 Å². The number of hydrogen-bond donors (Lipinski definition) is 1. The lowest BCUT2D eigenvalue weighted by atomic mass is 9.92. The molecule has 0 aromatic heterocycles. The van der Waals surface area contributed by atoms with Gasteiger partial charge >= 0.3 is 0 Å². The van der Waals surface area contributed by atoms with Crippen LogP contribution in [0.1, 0.15) is 53.9 Å². The molecule has 0 unspecified atom stereocenters. The Morgan fingerprint density at radius 1 is 1.19 bits per heavy atom. The first-order valence-corrected chi connectivity index (χ1v) is 6.79. The van der Waals surface area contributed by atoms with Crippen molar-refractivity contribution in [2.75, 3.05) is 26.7 Å². The second kappa shape index (κ2) is 8.08. The minimum atomic E-state index is 0.366. The van der Waals surface area contributed by atoms with Crippen LogP contribution in [0.4, 0.5) is 0 Å². The van der Waals surface area contributed by atoms with Crippen molar-refractivity contribution in [3.05, 3.63) is 0 Å². The lowest BCUT2D eigenvalue weighted by Gasteiger charge is -2.31. The third-order valence-electron chi connectivity index (χ3n) is 2.83. The van der Waals surface area contributed by atoms with E-state index >= 15 is 0 Å². The minimum absolute atomic E-state index is 0.366. The van der Waals surface area contributed by atoms with E-state index in [0.29, 0.717) is 11.5 Å².